The van der Waals surface area contributed by atoms with E-state index in [0.717, 1.165) is 25.2 Å². The Labute approximate surface area is 117 Å². The summed E-state index contributed by atoms with van der Waals surface area (Å²) in [6, 6.07) is 7.97. The standard InChI is InChI=1S/C16H17NO3/c1-11(17-16(18)14-4-6-19-10-14)8-12-2-3-15-13(9-12)5-7-20-15/h2-4,6,9-11H,5,7-8H2,1H3,(H,17,18)/t11-/m0/s1. The first kappa shape index (κ1) is 12.8. The van der Waals surface area contributed by atoms with Crippen LogP contribution in [0.3, 0.4) is 0 Å². The number of nitrogens with one attached hydrogen (secondary N) is 1. The minimum Gasteiger partial charge on any atom is -0.493 e. The minimum atomic E-state index is -0.101. The maximum atomic E-state index is 11.9. The first-order chi connectivity index (χ1) is 9.72. The zero-order valence-electron chi connectivity index (χ0n) is 11.4. The summed E-state index contributed by atoms with van der Waals surface area (Å²) >= 11 is 0. The zero-order chi connectivity index (χ0) is 13.9. The molecule has 20 heavy (non-hydrogen) atoms. The molecule has 0 bridgehead atoms. The summed E-state index contributed by atoms with van der Waals surface area (Å²) in [6.07, 6.45) is 4.73. The lowest BCUT2D eigenvalue weighted by molar-refractivity contribution is 0.0939. The number of hydrogen-bond donors (Lipinski definition) is 1. The maximum Gasteiger partial charge on any atom is 0.254 e. The maximum absolute atomic E-state index is 11.9. The van der Waals surface area contributed by atoms with Crippen molar-refractivity contribution in [2.75, 3.05) is 6.61 Å². The summed E-state index contributed by atoms with van der Waals surface area (Å²) in [5, 5.41) is 2.97. The van der Waals surface area contributed by atoms with Gasteiger partial charge in [-0.2, -0.15) is 0 Å². The van der Waals surface area contributed by atoms with E-state index in [1.807, 2.05) is 13.0 Å². The number of ether oxygens (including phenoxy) is 1. The Morgan fingerprint density at radius 1 is 1.40 bits per heavy atom. The van der Waals surface area contributed by atoms with Crippen LogP contribution < -0.4 is 10.1 Å². The van der Waals surface area contributed by atoms with Crippen molar-refractivity contribution in [3.63, 3.8) is 0 Å². The number of carbonyl (C=O) groups is 1. The highest BCUT2D eigenvalue weighted by Gasteiger charge is 2.14. The summed E-state index contributed by atoms with van der Waals surface area (Å²) in [4.78, 5) is 11.9. The molecule has 1 aromatic heterocycles. The third-order valence-corrected chi connectivity index (χ3v) is 3.46. The second kappa shape index (κ2) is 5.41. The summed E-state index contributed by atoms with van der Waals surface area (Å²) in [5.74, 6) is 0.888. The van der Waals surface area contributed by atoms with Crippen LogP contribution in [0.2, 0.25) is 0 Å². The van der Waals surface area contributed by atoms with Gasteiger partial charge in [0.1, 0.15) is 12.0 Å². The van der Waals surface area contributed by atoms with Gasteiger partial charge < -0.3 is 14.5 Å². The van der Waals surface area contributed by atoms with Gasteiger partial charge >= 0.3 is 0 Å². The van der Waals surface area contributed by atoms with E-state index in [1.54, 1.807) is 6.07 Å². The Hall–Kier alpha value is -2.23. The molecule has 0 spiro atoms. The van der Waals surface area contributed by atoms with Crippen LogP contribution in [0.15, 0.2) is 41.2 Å². The van der Waals surface area contributed by atoms with Gasteiger partial charge in [-0.25, -0.2) is 0 Å². The monoisotopic (exact) mass is 271 g/mol. The van der Waals surface area contributed by atoms with Gasteiger partial charge in [-0.05, 0) is 36.6 Å². The highest BCUT2D eigenvalue weighted by molar-refractivity contribution is 5.93. The van der Waals surface area contributed by atoms with E-state index in [0.29, 0.717) is 5.56 Å². The molecule has 104 valence electrons. The Morgan fingerprint density at radius 2 is 2.30 bits per heavy atom. The third-order valence-electron chi connectivity index (χ3n) is 3.46. The lowest BCUT2D eigenvalue weighted by atomic mass is 10.0. The molecule has 4 nitrogen and oxygen atoms in total. The lowest BCUT2D eigenvalue weighted by Crippen LogP contribution is -2.33. The molecule has 2 aromatic rings. The van der Waals surface area contributed by atoms with Crippen LogP contribution in [0, 0.1) is 0 Å². The molecule has 4 heteroatoms. The minimum absolute atomic E-state index is 0.0674. The van der Waals surface area contributed by atoms with E-state index in [4.69, 9.17) is 9.15 Å². The molecule has 1 aliphatic heterocycles. The second-order valence-electron chi connectivity index (χ2n) is 5.13. The highest BCUT2D eigenvalue weighted by atomic mass is 16.5. The molecular weight excluding hydrogens is 254 g/mol. The van der Waals surface area contributed by atoms with E-state index in [1.165, 1.54) is 23.7 Å². The average Bonchev–Trinajstić information content (AvgIpc) is 3.09. The Kier molecular flexibility index (Phi) is 3.46. The first-order valence-electron chi connectivity index (χ1n) is 6.80. The largest absolute Gasteiger partial charge is 0.493 e. The molecule has 1 aromatic carbocycles. The van der Waals surface area contributed by atoms with Crippen LogP contribution in [0.5, 0.6) is 5.75 Å². The third kappa shape index (κ3) is 2.69. The number of benzene rings is 1. The topological polar surface area (TPSA) is 51.5 Å². The summed E-state index contributed by atoms with van der Waals surface area (Å²) in [7, 11) is 0. The fourth-order valence-electron chi connectivity index (χ4n) is 2.47. The summed E-state index contributed by atoms with van der Waals surface area (Å²) in [5.41, 5.74) is 3.03. The highest BCUT2D eigenvalue weighted by Crippen LogP contribution is 2.26. The molecule has 0 fully saturated rings. The second-order valence-corrected chi connectivity index (χ2v) is 5.13. The molecule has 0 unspecified atom stereocenters. The molecule has 3 rings (SSSR count). The van der Waals surface area contributed by atoms with Crippen molar-refractivity contribution in [3.05, 3.63) is 53.5 Å². The molecule has 2 heterocycles. The van der Waals surface area contributed by atoms with E-state index >= 15 is 0 Å². The molecule has 0 saturated carbocycles. The summed E-state index contributed by atoms with van der Waals surface area (Å²) < 4.78 is 10.4. The number of rotatable bonds is 4. The summed E-state index contributed by atoms with van der Waals surface area (Å²) in [6.45, 7) is 2.77. The fourth-order valence-corrected chi connectivity index (χ4v) is 2.47. The Bertz CT molecular complexity index is 604. The zero-order valence-corrected chi connectivity index (χ0v) is 11.4. The predicted octanol–water partition coefficient (Wildman–Crippen LogP) is 2.58. The molecule has 1 N–H and O–H groups in total. The number of furan rings is 1. The first-order valence-corrected chi connectivity index (χ1v) is 6.80. The Balaban J connectivity index is 1.61. The van der Waals surface area contributed by atoms with Crippen LogP contribution in [0.1, 0.15) is 28.4 Å². The predicted molar refractivity (Wildman–Crippen MR) is 75.0 cm³/mol. The molecule has 1 atom stereocenters. The molecule has 0 saturated heterocycles. The van der Waals surface area contributed by atoms with Gasteiger partial charge in [0, 0.05) is 12.5 Å². The molecule has 0 radical (unpaired) electrons. The van der Waals surface area contributed by atoms with Crippen molar-refractivity contribution < 1.29 is 13.9 Å². The van der Waals surface area contributed by atoms with Crippen molar-refractivity contribution in [1.82, 2.24) is 5.32 Å². The van der Waals surface area contributed by atoms with Gasteiger partial charge in [0.15, 0.2) is 0 Å². The SMILES string of the molecule is C[C@@H](Cc1ccc2c(c1)CCO2)NC(=O)c1ccoc1. The van der Waals surface area contributed by atoms with E-state index in [2.05, 4.69) is 17.4 Å². The number of hydrogen-bond acceptors (Lipinski definition) is 3. The molecule has 0 aliphatic carbocycles. The van der Waals surface area contributed by atoms with Crippen molar-refractivity contribution in [2.45, 2.75) is 25.8 Å². The fraction of sp³-hybridized carbons (Fsp3) is 0.312. The van der Waals surface area contributed by atoms with E-state index < -0.39 is 0 Å². The number of carbonyl (C=O) groups excluding carboxylic acids is 1. The van der Waals surface area contributed by atoms with Crippen molar-refractivity contribution in [1.29, 1.82) is 0 Å². The number of fused-ring (bicyclic) bond motifs is 1. The van der Waals surface area contributed by atoms with Gasteiger partial charge in [-0.1, -0.05) is 12.1 Å². The van der Waals surface area contributed by atoms with Crippen molar-refractivity contribution >= 4 is 5.91 Å². The van der Waals surface area contributed by atoms with Gasteiger partial charge in [0.05, 0.1) is 18.4 Å². The van der Waals surface area contributed by atoms with Crippen molar-refractivity contribution in [2.24, 2.45) is 0 Å². The lowest BCUT2D eigenvalue weighted by Gasteiger charge is -2.14. The van der Waals surface area contributed by atoms with Crippen LogP contribution in [-0.4, -0.2) is 18.6 Å². The van der Waals surface area contributed by atoms with Crippen LogP contribution in [0.4, 0.5) is 0 Å². The van der Waals surface area contributed by atoms with Gasteiger partial charge in [0.25, 0.3) is 5.91 Å². The van der Waals surface area contributed by atoms with E-state index in [9.17, 15) is 4.79 Å². The smallest absolute Gasteiger partial charge is 0.254 e. The molecule has 1 amide bonds. The molecular formula is C16H17NO3. The quantitative estimate of drug-likeness (QED) is 0.929. The average molecular weight is 271 g/mol. The van der Waals surface area contributed by atoms with Crippen LogP contribution in [-0.2, 0) is 12.8 Å². The van der Waals surface area contributed by atoms with Crippen molar-refractivity contribution in [3.8, 4) is 5.75 Å². The Morgan fingerprint density at radius 3 is 3.10 bits per heavy atom. The van der Waals surface area contributed by atoms with Crippen LogP contribution in [0.25, 0.3) is 0 Å². The van der Waals surface area contributed by atoms with E-state index in [-0.39, 0.29) is 11.9 Å². The molecule has 1 aliphatic rings. The van der Waals surface area contributed by atoms with Gasteiger partial charge in [-0.3, -0.25) is 4.79 Å². The normalized spacial score (nSPS) is 14.4. The number of amides is 1. The van der Waals surface area contributed by atoms with Crippen LogP contribution >= 0.6 is 0 Å². The van der Waals surface area contributed by atoms with Gasteiger partial charge in [-0.15, -0.1) is 0 Å². The van der Waals surface area contributed by atoms with Gasteiger partial charge in [0.2, 0.25) is 0 Å².